The largest absolute Gasteiger partial charge is 0.491 e. The van der Waals surface area contributed by atoms with Crippen LogP contribution in [-0.4, -0.2) is 25.3 Å². The molecule has 0 aliphatic rings. The number of aromatic nitrogens is 1. The number of halogens is 1. The molecule has 0 atom stereocenters. The number of pyridine rings is 1. The van der Waals surface area contributed by atoms with Crippen LogP contribution in [0.3, 0.4) is 0 Å². The van der Waals surface area contributed by atoms with Gasteiger partial charge in [0.2, 0.25) is 0 Å². The van der Waals surface area contributed by atoms with Crippen molar-refractivity contribution in [1.82, 2.24) is 4.98 Å². The molecule has 0 aliphatic heterocycles. The lowest BCUT2D eigenvalue weighted by Crippen LogP contribution is -2.04. The van der Waals surface area contributed by atoms with Gasteiger partial charge < -0.3 is 9.47 Å². The van der Waals surface area contributed by atoms with Crippen LogP contribution in [0.15, 0.2) is 18.3 Å². The first-order chi connectivity index (χ1) is 6.83. The molecule has 1 heterocycles. The Morgan fingerprint density at radius 3 is 2.64 bits per heavy atom. The lowest BCUT2D eigenvalue weighted by atomic mass is 10.4. The maximum atomic E-state index is 5.64. The van der Waals surface area contributed by atoms with E-state index >= 15 is 0 Å². The summed E-state index contributed by atoms with van der Waals surface area (Å²) >= 11 is 5.64. The molecule has 1 aromatic rings. The van der Waals surface area contributed by atoms with Crippen molar-refractivity contribution in [2.75, 3.05) is 20.3 Å². The Hall–Kier alpha value is -0.800. The Balaban J connectivity index is 0.000000791. The first kappa shape index (κ1) is 13.2. The molecule has 0 radical (unpaired) electrons. The summed E-state index contributed by atoms with van der Waals surface area (Å²) in [5, 5.41) is 0.435. The van der Waals surface area contributed by atoms with Gasteiger partial charge in [0.25, 0.3) is 0 Å². The third-order valence-electron chi connectivity index (χ3n) is 1.25. The highest BCUT2D eigenvalue weighted by molar-refractivity contribution is 6.29. The van der Waals surface area contributed by atoms with E-state index in [1.807, 2.05) is 13.8 Å². The minimum atomic E-state index is 0.435. The molecular weight excluding hydrogens is 202 g/mol. The van der Waals surface area contributed by atoms with Crippen LogP contribution in [0.4, 0.5) is 0 Å². The number of nitrogens with zero attached hydrogens (tertiary/aromatic N) is 1. The molecule has 0 aromatic carbocycles. The molecule has 0 bridgehead atoms. The zero-order valence-electron chi connectivity index (χ0n) is 8.79. The lowest BCUT2D eigenvalue weighted by Gasteiger charge is -2.04. The van der Waals surface area contributed by atoms with Gasteiger partial charge in [-0.1, -0.05) is 25.4 Å². The summed E-state index contributed by atoms with van der Waals surface area (Å²) in [5.41, 5.74) is 0. The van der Waals surface area contributed by atoms with Crippen molar-refractivity contribution < 1.29 is 9.47 Å². The first-order valence-electron chi connectivity index (χ1n) is 4.56. The zero-order valence-corrected chi connectivity index (χ0v) is 9.54. The molecule has 0 saturated heterocycles. The zero-order chi connectivity index (χ0) is 10.8. The van der Waals surface area contributed by atoms with Gasteiger partial charge in [0.05, 0.1) is 6.61 Å². The van der Waals surface area contributed by atoms with Gasteiger partial charge in [0.15, 0.2) is 0 Å². The number of ether oxygens (including phenoxy) is 2. The van der Waals surface area contributed by atoms with E-state index in [-0.39, 0.29) is 0 Å². The fourth-order valence-electron chi connectivity index (χ4n) is 0.717. The third-order valence-corrected chi connectivity index (χ3v) is 1.46. The van der Waals surface area contributed by atoms with Crippen LogP contribution in [0, 0.1) is 0 Å². The van der Waals surface area contributed by atoms with Crippen LogP contribution < -0.4 is 4.74 Å². The topological polar surface area (TPSA) is 31.4 Å². The fraction of sp³-hybridized carbons (Fsp3) is 0.500. The predicted octanol–water partition coefficient (Wildman–Crippen LogP) is 2.79. The van der Waals surface area contributed by atoms with E-state index in [2.05, 4.69) is 4.98 Å². The van der Waals surface area contributed by atoms with Crippen molar-refractivity contribution in [1.29, 1.82) is 0 Å². The Kier molecular flexibility index (Phi) is 8.28. The molecule has 0 amide bonds. The average Bonchev–Trinajstić information content (AvgIpc) is 2.21. The summed E-state index contributed by atoms with van der Waals surface area (Å²) in [6, 6.07) is 3.42. The van der Waals surface area contributed by atoms with Gasteiger partial charge in [-0.25, -0.2) is 4.98 Å². The van der Waals surface area contributed by atoms with Gasteiger partial charge >= 0.3 is 0 Å². The van der Waals surface area contributed by atoms with Crippen molar-refractivity contribution in [3.05, 3.63) is 23.5 Å². The van der Waals surface area contributed by atoms with Crippen LogP contribution >= 0.6 is 11.6 Å². The summed E-state index contributed by atoms with van der Waals surface area (Å²) in [7, 11) is 1.63. The first-order valence-corrected chi connectivity index (χ1v) is 4.94. The van der Waals surface area contributed by atoms with Crippen molar-refractivity contribution in [3.8, 4) is 5.75 Å². The Bertz CT molecular complexity index is 243. The smallest absolute Gasteiger partial charge is 0.132 e. The Morgan fingerprint density at radius 2 is 2.07 bits per heavy atom. The molecule has 3 nitrogen and oxygen atoms in total. The van der Waals surface area contributed by atoms with Crippen molar-refractivity contribution in [2.45, 2.75) is 13.8 Å². The SMILES string of the molecule is CC.COCCOc1ccnc(Cl)c1. The minimum absolute atomic E-state index is 0.435. The number of hydrogen-bond donors (Lipinski definition) is 0. The van der Waals surface area contributed by atoms with Gasteiger partial charge in [-0.3, -0.25) is 0 Å². The highest BCUT2D eigenvalue weighted by Crippen LogP contribution is 2.13. The predicted molar refractivity (Wildman–Crippen MR) is 58.0 cm³/mol. The van der Waals surface area contributed by atoms with Gasteiger partial charge in [-0.15, -0.1) is 0 Å². The average molecular weight is 218 g/mol. The van der Waals surface area contributed by atoms with Crippen LogP contribution in [0.2, 0.25) is 5.15 Å². The molecule has 0 N–H and O–H groups in total. The van der Waals surface area contributed by atoms with Crippen LogP contribution in [0.1, 0.15) is 13.8 Å². The summed E-state index contributed by atoms with van der Waals surface area (Å²) in [6.45, 7) is 5.09. The highest BCUT2D eigenvalue weighted by Gasteiger charge is 1.94. The van der Waals surface area contributed by atoms with E-state index in [0.717, 1.165) is 0 Å². The van der Waals surface area contributed by atoms with E-state index in [1.54, 1.807) is 25.4 Å². The van der Waals surface area contributed by atoms with Crippen molar-refractivity contribution >= 4 is 11.6 Å². The van der Waals surface area contributed by atoms with Crippen LogP contribution in [-0.2, 0) is 4.74 Å². The molecule has 0 saturated carbocycles. The fourth-order valence-corrected chi connectivity index (χ4v) is 0.881. The van der Waals surface area contributed by atoms with Gasteiger partial charge in [0, 0.05) is 19.4 Å². The number of rotatable bonds is 4. The molecular formula is C10H16ClNO2. The molecule has 14 heavy (non-hydrogen) atoms. The van der Waals surface area contributed by atoms with E-state index < -0.39 is 0 Å². The molecule has 80 valence electrons. The summed E-state index contributed by atoms with van der Waals surface area (Å²) in [5.74, 6) is 0.715. The van der Waals surface area contributed by atoms with Crippen LogP contribution in [0.5, 0.6) is 5.75 Å². The van der Waals surface area contributed by atoms with E-state index in [1.165, 1.54) is 0 Å². The monoisotopic (exact) mass is 217 g/mol. The van der Waals surface area contributed by atoms with Gasteiger partial charge in [-0.2, -0.15) is 0 Å². The van der Waals surface area contributed by atoms with Crippen LogP contribution in [0.25, 0.3) is 0 Å². The van der Waals surface area contributed by atoms with E-state index in [0.29, 0.717) is 24.1 Å². The second-order valence-corrected chi connectivity index (χ2v) is 2.54. The number of hydrogen-bond acceptors (Lipinski definition) is 3. The Labute approximate surface area is 90.0 Å². The normalized spacial score (nSPS) is 8.86. The van der Waals surface area contributed by atoms with Gasteiger partial charge in [0.1, 0.15) is 17.5 Å². The third kappa shape index (κ3) is 5.78. The quantitative estimate of drug-likeness (QED) is 0.574. The second kappa shape index (κ2) is 8.78. The summed E-state index contributed by atoms with van der Waals surface area (Å²) in [6.07, 6.45) is 1.60. The van der Waals surface area contributed by atoms with Crippen molar-refractivity contribution in [2.24, 2.45) is 0 Å². The number of methoxy groups -OCH3 is 1. The molecule has 0 fully saturated rings. The molecule has 0 spiro atoms. The molecule has 4 heteroatoms. The Morgan fingerprint density at radius 1 is 1.36 bits per heavy atom. The van der Waals surface area contributed by atoms with E-state index in [9.17, 15) is 0 Å². The molecule has 0 aliphatic carbocycles. The maximum absolute atomic E-state index is 5.64. The van der Waals surface area contributed by atoms with E-state index in [4.69, 9.17) is 21.1 Å². The molecule has 1 rings (SSSR count). The molecule has 1 aromatic heterocycles. The summed E-state index contributed by atoms with van der Waals surface area (Å²) in [4.78, 5) is 3.82. The van der Waals surface area contributed by atoms with Crippen molar-refractivity contribution in [3.63, 3.8) is 0 Å². The molecule has 0 unspecified atom stereocenters. The van der Waals surface area contributed by atoms with Gasteiger partial charge in [-0.05, 0) is 6.07 Å². The minimum Gasteiger partial charge on any atom is -0.491 e. The standard InChI is InChI=1S/C8H10ClNO2.C2H6/c1-11-4-5-12-7-2-3-10-8(9)6-7;1-2/h2-3,6H,4-5H2,1H3;1-2H3. The lowest BCUT2D eigenvalue weighted by molar-refractivity contribution is 0.146. The highest BCUT2D eigenvalue weighted by atomic mass is 35.5. The summed E-state index contributed by atoms with van der Waals surface area (Å²) < 4.78 is 10.1. The second-order valence-electron chi connectivity index (χ2n) is 2.16. The maximum Gasteiger partial charge on any atom is 0.132 e.